The first-order chi connectivity index (χ1) is 7.93. The van der Waals surface area contributed by atoms with E-state index >= 15 is 0 Å². The molecule has 0 aromatic heterocycles. The van der Waals surface area contributed by atoms with Crippen molar-refractivity contribution in [3.8, 4) is 6.07 Å². The summed E-state index contributed by atoms with van der Waals surface area (Å²) in [4.78, 5) is 24.4. The zero-order valence-corrected chi connectivity index (χ0v) is 10.9. The highest BCUT2D eigenvalue weighted by atomic mass is 16.5. The Bertz CT molecular complexity index is 307. The minimum Gasteiger partial charge on any atom is -0.465 e. The molecule has 1 atom stereocenters. The van der Waals surface area contributed by atoms with Crippen molar-refractivity contribution in [2.75, 3.05) is 20.2 Å². The summed E-state index contributed by atoms with van der Waals surface area (Å²) in [6.45, 7) is 5.96. The number of nitrogens with zero attached hydrogens (tertiary/aromatic N) is 2. The number of hydrogen-bond donors (Lipinski definition) is 0. The maximum atomic E-state index is 11.6. The first kappa shape index (κ1) is 15.4. The molecule has 1 amide bonds. The monoisotopic (exact) mass is 240 g/mol. The molecule has 0 saturated carbocycles. The van der Waals surface area contributed by atoms with Crippen molar-refractivity contribution in [2.45, 2.75) is 27.2 Å². The molecule has 1 unspecified atom stereocenters. The van der Waals surface area contributed by atoms with E-state index in [2.05, 4.69) is 0 Å². The zero-order chi connectivity index (χ0) is 13.4. The smallest absolute Gasteiger partial charge is 0.323 e. The summed E-state index contributed by atoms with van der Waals surface area (Å²) in [5.41, 5.74) is 0. The average molecular weight is 240 g/mol. The van der Waals surface area contributed by atoms with Crippen LogP contribution in [0.25, 0.3) is 0 Å². The van der Waals surface area contributed by atoms with Gasteiger partial charge in [-0.2, -0.15) is 5.26 Å². The van der Waals surface area contributed by atoms with Crippen molar-refractivity contribution < 1.29 is 14.3 Å². The van der Waals surface area contributed by atoms with Crippen molar-refractivity contribution in [2.24, 2.45) is 11.8 Å². The number of amides is 1. The van der Waals surface area contributed by atoms with Gasteiger partial charge in [-0.1, -0.05) is 13.8 Å². The molecule has 5 heteroatoms. The standard InChI is InChI=1S/C12H20N2O3/c1-5-17-12(16)10(8-13)6-7-14(4)11(15)9(2)3/h9-10H,5-7H2,1-4H3. The van der Waals surface area contributed by atoms with Gasteiger partial charge in [-0.25, -0.2) is 0 Å². The lowest BCUT2D eigenvalue weighted by Gasteiger charge is -2.20. The first-order valence-electron chi connectivity index (χ1n) is 5.75. The first-order valence-corrected chi connectivity index (χ1v) is 5.75. The van der Waals surface area contributed by atoms with Crippen molar-refractivity contribution in [3.05, 3.63) is 0 Å². The number of ether oxygens (including phenoxy) is 1. The molecule has 0 N–H and O–H groups in total. The van der Waals surface area contributed by atoms with Gasteiger partial charge in [-0.3, -0.25) is 9.59 Å². The van der Waals surface area contributed by atoms with Crippen LogP contribution in [0, 0.1) is 23.2 Å². The average Bonchev–Trinajstić information content (AvgIpc) is 2.28. The number of hydrogen-bond acceptors (Lipinski definition) is 4. The maximum Gasteiger partial charge on any atom is 0.323 e. The molecule has 0 aliphatic rings. The summed E-state index contributed by atoms with van der Waals surface area (Å²) in [7, 11) is 1.67. The topological polar surface area (TPSA) is 70.4 Å². The number of nitriles is 1. The van der Waals surface area contributed by atoms with E-state index in [9.17, 15) is 9.59 Å². The lowest BCUT2D eigenvalue weighted by atomic mass is 10.1. The molecule has 17 heavy (non-hydrogen) atoms. The van der Waals surface area contributed by atoms with E-state index in [4.69, 9.17) is 10.00 Å². The highest BCUT2D eigenvalue weighted by molar-refractivity contribution is 5.78. The quantitative estimate of drug-likeness (QED) is 0.654. The van der Waals surface area contributed by atoms with E-state index in [0.29, 0.717) is 13.0 Å². The molecule has 96 valence electrons. The van der Waals surface area contributed by atoms with Gasteiger partial charge in [0, 0.05) is 19.5 Å². The Morgan fingerprint density at radius 3 is 2.41 bits per heavy atom. The Labute approximate surface area is 102 Å². The Morgan fingerprint density at radius 2 is 2.00 bits per heavy atom. The van der Waals surface area contributed by atoms with Crippen LogP contribution in [0.2, 0.25) is 0 Å². The molecule has 0 heterocycles. The second-order valence-corrected chi connectivity index (χ2v) is 4.14. The molecule has 0 radical (unpaired) electrons. The van der Waals surface area contributed by atoms with Crippen LogP contribution in [-0.4, -0.2) is 37.0 Å². The van der Waals surface area contributed by atoms with Gasteiger partial charge in [-0.15, -0.1) is 0 Å². The summed E-state index contributed by atoms with van der Waals surface area (Å²) < 4.78 is 4.77. The number of esters is 1. The van der Waals surface area contributed by atoms with Gasteiger partial charge in [-0.05, 0) is 13.3 Å². The molecule has 0 bridgehead atoms. The number of rotatable bonds is 6. The lowest BCUT2D eigenvalue weighted by Crippen LogP contribution is -2.33. The van der Waals surface area contributed by atoms with Crippen LogP contribution < -0.4 is 0 Å². The number of carbonyl (C=O) groups excluding carboxylic acids is 2. The zero-order valence-electron chi connectivity index (χ0n) is 10.9. The Morgan fingerprint density at radius 1 is 1.41 bits per heavy atom. The largest absolute Gasteiger partial charge is 0.465 e. The Balaban J connectivity index is 4.21. The van der Waals surface area contributed by atoms with Crippen LogP contribution in [0.3, 0.4) is 0 Å². The van der Waals surface area contributed by atoms with Crippen molar-refractivity contribution in [3.63, 3.8) is 0 Å². The molecule has 0 fully saturated rings. The molecule has 0 aliphatic heterocycles. The summed E-state index contributed by atoms with van der Waals surface area (Å²) in [5, 5.41) is 8.83. The van der Waals surface area contributed by atoms with E-state index in [0.717, 1.165) is 0 Å². The maximum absolute atomic E-state index is 11.6. The minimum absolute atomic E-state index is 0.00514. The molecule has 0 spiro atoms. The van der Waals surface area contributed by atoms with E-state index < -0.39 is 11.9 Å². The second kappa shape index (κ2) is 7.66. The van der Waals surface area contributed by atoms with Crippen LogP contribution in [0.5, 0.6) is 0 Å². The third-order valence-electron chi connectivity index (χ3n) is 2.35. The fourth-order valence-corrected chi connectivity index (χ4v) is 1.35. The van der Waals surface area contributed by atoms with Crippen molar-refractivity contribution >= 4 is 11.9 Å². The van der Waals surface area contributed by atoms with Crippen molar-refractivity contribution in [1.29, 1.82) is 5.26 Å². The minimum atomic E-state index is -0.794. The molecule has 0 saturated heterocycles. The van der Waals surface area contributed by atoms with Crippen LogP contribution in [0.15, 0.2) is 0 Å². The lowest BCUT2D eigenvalue weighted by molar-refractivity contribution is -0.146. The fraction of sp³-hybridized carbons (Fsp3) is 0.750. The fourth-order valence-electron chi connectivity index (χ4n) is 1.35. The van der Waals surface area contributed by atoms with Gasteiger partial charge in [0.25, 0.3) is 0 Å². The number of carbonyl (C=O) groups is 2. The predicted octanol–water partition coefficient (Wildman–Crippen LogP) is 1.19. The van der Waals surface area contributed by atoms with Gasteiger partial charge >= 0.3 is 5.97 Å². The highest BCUT2D eigenvalue weighted by Gasteiger charge is 2.21. The Hall–Kier alpha value is -1.57. The van der Waals surface area contributed by atoms with Crippen LogP contribution in [0.4, 0.5) is 0 Å². The van der Waals surface area contributed by atoms with Crippen LogP contribution in [-0.2, 0) is 14.3 Å². The van der Waals surface area contributed by atoms with E-state index in [1.807, 2.05) is 19.9 Å². The molecule has 0 aromatic carbocycles. The Kier molecular flexibility index (Phi) is 6.95. The molecule has 0 aromatic rings. The summed E-state index contributed by atoms with van der Waals surface area (Å²) >= 11 is 0. The normalized spacial score (nSPS) is 11.8. The summed E-state index contributed by atoms with van der Waals surface area (Å²) in [5.74, 6) is -1.38. The van der Waals surface area contributed by atoms with Gasteiger partial charge in [0.1, 0.15) is 5.92 Å². The van der Waals surface area contributed by atoms with Crippen LogP contribution in [0.1, 0.15) is 27.2 Å². The molecule has 0 aliphatic carbocycles. The molecular formula is C12H20N2O3. The van der Waals surface area contributed by atoms with E-state index in [1.165, 1.54) is 4.90 Å². The predicted molar refractivity (Wildman–Crippen MR) is 62.8 cm³/mol. The second-order valence-electron chi connectivity index (χ2n) is 4.14. The van der Waals surface area contributed by atoms with Gasteiger partial charge in [0.2, 0.25) is 5.91 Å². The summed E-state index contributed by atoms with van der Waals surface area (Å²) in [6, 6.07) is 1.90. The highest BCUT2D eigenvalue weighted by Crippen LogP contribution is 2.07. The molecule has 0 rings (SSSR count). The van der Waals surface area contributed by atoms with Crippen LogP contribution >= 0.6 is 0 Å². The van der Waals surface area contributed by atoms with Gasteiger partial charge in [0.15, 0.2) is 0 Å². The van der Waals surface area contributed by atoms with Gasteiger partial charge in [0.05, 0.1) is 12.7 Å². The third kappa shape index (κ3) is 5.34. The SMILES string of the molecule is CCOC(=O)C(C#N)CCN(C)C(=O)C(C)C. The van der Waals surface area contributed by atoms with E-state index in [-0.39, 0.29) is 18.4 Å². The third-order valence-corrected chi connectivity index (χ3v) is 2.35. The molecular weight excluding hydrogens is 220 g/mol. The van der Waals surface area contributed by atoms with E-state index in [1.54, 1.807) is 14.0 Å². The summed E-state index contributed by atoms with van der Waals surface area (Å²) in [6.07, 6.45) is 0.310. The molecule has 5 nitrogen and oxygen atoms in total. The van der Waals surface area contributed by atoms with Gasteiger partial charge < -0.3 is 9.64 Å². The van der Waals surface area contributed by atoms with Crippen molar-refractivity contribution in [1.82, 2.24) is 4.90 Å².